The zero-order valence-electron chi connectivity index (χ0n) is 9.90. The lowest BCUT2D eigenvalue weighted by Gasteiger charge is -2.43. The summed E-state index contributed by atoms with van der Waals surface area (Å²) >= 11 is 1.11. The van der Waals surface area contributed by atoms with Crippen LogP contribution >= 0.6 is 11.8 Å². The Balaban J connectivity index is 1.97. The van der Waals surface area contributed by atoms with Crippen LogP contribution in [0.15, 0.2) is 0 Å². The number of amides is 2. The van der Waals surface area contributed by atoms with E-state index in [1.807, 2.05) is 0 Å². The molecule has 2 saturated heterocycles. The molecule has 0 aliphatic carbocycles. The van der Waals surface area contributed by atoms with Crippen LogP contribution in [0.25, 0.3) is 0 Å². The Morgan fingerprint density at radius 3 is 2.68 bits per heavy atom. The van der Waals surface area contributed by atoms with Gasteiger partial charge in [-0.3, -0.25) is 9.59 Å². The molecule has 2 aliphatic heterocycles. The Morgan fingerprint density at radius 2 is 2.16 bits per heavy atom. The van der Waals surface area contributed by atoms with Crippen molar-refractivity contribution in [2.75, 3.05) is 17.8 Å². The van der Waals surface area contributed by atoms with Crippen molar-refractivity contribution in [1.82, 2.24) is 10.2 Å². The number of β-lactam (4-membered cyclic amide) rings is 1. The van der Waals surface area contributed by atoms with E-state index in [2.05, 4.69) is 5.32 Å². The minimum absolute atomic E-state index is 0.373. The van der Waals surface area contributed by atoms with Gasteiger partial charge in [0.2, 0.25) is 11.8 Å². The van der Waals surface area contributed by atoms with Gasteiger partial charge in [0.05, 0.1) is 6.04 Å². The van der Waals surface area contributed by atoms with Crippen LogP contribution < -0.4 is 5.32 Å². The van der Waals surface area contributed by atoms with E-state index in [0.29, 0.717) is 5.75 Å². The number of carbonyl (C=O) groups excluding carboxylic acids is 2. The Morgan fingerprint density at radius 1 is 1.53 bits per heavy atom. The summed E-state index contributed by atoms with van der Waals surface area (Å²) in [5, 5.41) is 10.3. The fraction of sp³-hybridized carbons (Fsp3) is 0.667. The highest BCUT2D eigenvalue weighted by atomic mass is 32.2. The number of sulfone groups is 1. The van der Waals surface area contributed by atoms with Gasteiger partial charge in [-0.05, 0) is 0 Å². The Labute approximate surface area is 113 Å². The first kappa shape index (κ1) is 14.1. The summed E-state index contributed by atoms with van der Waals surface area (Å²) in [6.45, 7) is 0. The van der Waals surface area contributed by atoms with E-state index in [9.17, 15) is 22.8 Å². The van der Waals surface area contributed by atoms with Crippen molar-refractivity contribution in [2.24, 2.45) is 0 Å². The van der Waals surface area contributed by atoms with Crippen molar-refractivity contribution in [1.29, 1.82) is 0 Å². The van der Waals surface area contributed by atoms with Crippen molar-refractivity contribution in [2.45, 2.75) is 17.5 Å². The van der Waals surface area contributed by atoms with E-state index in [1.54, 1.807) is 0 Å². The van der Waals surface area contributed by atoms with Crippen LogP contribution in [0.4, 0.5) is 0 Å². The highest BCUT2D eigenvalue weighted by Gasteiger charge is 2.57. The van der Waals surface area contributed by atoms with E-state index in [-0.39, 0.29) is 6.04 Å². The predicted molar refractivity (Wildman–Crippen MR) is 66.2 cm³/mol. The molecule has 2 heterocycles. The minimum Gasteiger partial charge on any atom is -0.479 e. The van der Waals surface area contributed by atoms with E-state index < -0.39 is 44.8 Å². The Kier molecular flexibility index (Phi) is 3.47. The third-order valence-electron chi connectivity index (χ3n) is 2.86. The number of nitrogens with one attached hydrogen (secondary N) is 1. The van der Waals surface area contributed by atoms with Crippen molar-refractivity contribution in [3.05, 3.63) is 0 Å². The summed E-state index contributed by atoms with van der Waals surface area (Å²) in [7, 11) is -3.45. The maximum atomic E-state index is 11.7. The average molecular weight is 308 g/mol. The molecule has 0 aromatic carbocycles. The number of carbonyl (C=O) groups is 3. The lowest BCUT2D eigenvalue weighted by Crippen LogP contribution is -2.71. The van der Waals surface area contributed by atoms with Gasteiger partial charge in [0.15, 0.2) is 15.2 Å². The highest BCUT2D eigenvalue weighted by Crippen LogP contribution is 2.38. The number of aliphatic carboxylic acids is 1. The molecule has 2 rings (SSSR count). The molecule has 0 radical (unpaired) electrons. The fourth-order valence-electron chi connectivity index (χ4n) is 2.10. The fourth-order valence-corrected chi connectivity index (χ4v) is 3.96. The largest absolute Gasteiger partial charge is 0.479 e. The van der Waals surface area contributed by atoms with Gasteiger partial charge >= 0.3 is 5.97 Å². The second-order valence-corrected chi connectivity index (χ2v) is 7.71. The standard InChI is InChI=1S/C9H12N2O6S2/c1-19(16,17)3-5(12)10-6-4-2-18-8(9(14)15)11(4)7(6)13/h4,6,8H,2-3H2,1H3,(H,10,12)(H,14,15)/t4?,6-,8?/m1/s1. The molecule has 0 aromatic heterocycles. The van der Waals surface area contributed by atoms with Gasteiger partial charge in [-0.1, -0.05) is 0 Å². The molecule has 2 amide bonds. The van der Waals surface area contributed by atoms with Gasteiger partial charge < -0.3 is 15.3 Å². The van der Waals surface area contributed by atoms with Crippen LogP contribution in [-0.4, -0.2) is 71.4 Å². The molecule has 2 fully saturated rings. The van der Waals surface area contributed by atoms with E-state index in [1.165, 1.54) is 4.90 Å². The molecule has 0 aromatic rings. The average Bonchev–Trinajstić information content (AvgIpc) is 2.63. The monoisotopic (exact) mass is 308 g/mol. The van der Waals surface area contributed by atoms with Crippen molar-refractivity contribution < 1.29 is 27.9 Å². The van der Waals surface area contributed by atoms with Gasteiger partial charge in [-0.25, -0.2) is 13.2 Å². The zero-order chi connectivity index (χ0) is 14.4. The van der Waals surface area contributed by atoms with Crippen LogP contribution in [0.1, 0.15) is 0 Å². The van der Waals surface area contributed by atoms with E-state index in [4.69, 9.17) is 5.11 Å². The molecule has 3 atom stereocenters. The molecule has 2 aliphatic rings. The minimum atomic E-state index is -3.45. The van der Waals surface area contributed by atoms with Gasteiger partial charge in [0.25, 0.3) is 0 Å². The van der Waals surface area contributed by atoms with Crippen LogP contribution in [-0.2, 0) is 24.2 Å². The lowest BCUT2D eigenvalue weighted by molar-refractivity contribution is -0.159. The third-order valence-corrected chi connectivity index (χ3v) is 4.93. The number of hydrogen-bond donors (Lipinski definition) is 2. The lowest BCUT2D eigenvalue weighted by atomic mass is 9.97. The molecular weight excluding hydrogens is 296 g/mol. The molecule has 2 unspecified atom stereocenters. The number of carboxylic acids is 1. The van der Waals surface area contributed by atoms with Crippen molar-refractivity contribution in [3.63, 3.8) is 0 Å². The topological polar surface area (TPSA) is 121 Å². The summed E-state index contributed by atoms with van der Waals surface area (Å²) < 4.78 is 21.9. The highest BCUT2D eigenvalue weighted by molar-refractivity contribution is 8.00. The van der Waals surface area contributed by atoms with Crippen LogP contribution in [0.3, 0.4) is 0 Å². The first-order valence-corrected chi connectivity index (χ1v) is 8.45. The SMILES string of the molecule is CS(=O)(=O)CC(=O)N[C@H]1C(=O)N2C(C(=O)O)SCC12. The molecule has 106 valence electrons. The Hall–Kier alpha value is -1.29. The van der Waals surface area contributed by atoms with Gasteiger partial charge in [-0.2, -0.15) is 0 Å². The summed E-state index contributed by atoms with van der Waals surface area (Å²) in [5.41, 5.74) is 0. The second-order valence-electron chi connectivity index (χ2n) is 4.45. The quantitative estimate of drug-likeness (QED) is 0.570. The molecule has 10 heteroatoms. The van der Waals surface area contributed by atoms with Crippen LogP contribution in [0.5, 0.6) is 0 Å². The van der Waals surface area contributed by atoms with Gasteiger partial charge in [0.1, 0.15) is 11.8 Å². The summed E-state index contributed by atoms with van der Waals surface area (Å²) in [4.78, 5) is 35.3. The normalized spacial score (nSPS) is 29.6. The molecule has 8 nitrogen and oxygen atoms in total. The number of carboxylic acid groups (broad SMARTS) is 1. The first-order valence-electron chi connectivity index (χ1n) is 5.34. The van der Waals surface area contributed by atoms with Gasteiger partial charge in [-0.15, -0.1) is 11.8 Å². The molecular formula is C9H12N2O6S2. The van der Waals surface area contributed by atoms with Crippen molar-refractivity contribution >= 4 is 39.4 Å². The maximum absolute atomic E-state index is 11.7. The molecule has 19 heavy (non-hydrogen) atoms. The number of fused-ring (bicyclic) bond motifs is 1. The number of thioether (sulfide) groups is 1. The maximum Gasteiger partial charge on any atom is 0.337 e. The van der Waals surface area contributed by atoms with E-state index >= 15 is 0 Å². The van der Waals surface area contributed by atoms with Crippen LogP contribution in [0, 0.1) is 0 Å². The van der Waals surface area contributed by atoms with Gasteiger partial charge in [0, 0.05) is 12.0 Å². The smallest absolute Gasteiger partial charge is 0.337 e. The zero-order valence-corrected chi connectivity index (χ0v) is 11.5. The molecule has 0 saturated carbocycles. The van der Waals surface area contributed by atoms with E-state index in [0.717, 1.165) is 18.0 Å². The van der Waals surface area contributed by atoms with Crippen molar-refractivity contribution in [3.8, 4) is 0 Å². The molecule has 2 N–H and O–H groups in total. The summed E-state index contributed by atoms with van der Waals surface area (Å²) in [6, 6.07) is -1.19. The number of rotatable bonds is 4. The second kappa shape index (κ2) is 4.67. The first-order chi connectivity index (χ1) is 8.70. The Bertz CT molecular complexity index is 545. The molecule has 0 bridgehead atoms. The summed E-state index contributed by atoms with van der Waals surface area (Å²) in [5.74, 6) is -2.60. The third kappa shape index (κ3) is 2.68. The van der Waals surface area contributed by atoms with Crippen LogP contribution in [0.2, 0.25) is 0 Å². The summed E-state index contributed by atoms with van der Waals surface area (Å²) in [6.07, 6.45) is 0.924. The molecule has 0 spiro atoms. The number of hydrogen-bond acceptors (Lipinski definition) is 6. The predicted octanol–water partition coefficient (Wildman–Crippen LogP) is -2.12. The number of nitrogens with zero attached hydrogens (tertiary/aromatic N) is 1.